The normalized spacial score (nSPS) is 12.9. The summed E-state index contributed by atoms with van der Waals surface area (Å²) in [6, 6.07) is 0. The lowest BCUT2D eigenvalue weighted by molar-refractivity contribution is -0.179. The molecular weight excluding hydrogens is 412 g/mol. The van der Waals surface area contributed by atoms with Gasteiger partial charge in [-0.3, -0.25) is 9.59 Å². The minimum absolute atomic E-state index is 0.0940. The second-order valence-electron chi connectivity index (χ2n) is 5.69. The van der Waals surface area contributed by atoms with Crippen LogP contribution in [0.5, 0.6) is 0 Å². The molecule has 4 N–H and O–H groups in total. The van der Waals surface area contributed by atoms with Gasteiger partial charge in [0.1, 0.15) is 13.1 Å². The van der Waals surface area contributed by atoms with Gasteiger partial charge in [0.2, 0.25) is 0 Å². The van der Waals surface area contributed by atoms with Crippen molar-refractivity contribution in [1.29, 1.82) is 0 Å². The van der Waals surface area contributed by atoms with Crippen molar-refractivity contribution in [2.75, 3.05) is 0 Å². The molecule has 0 aliphatic carbocycles. The van der Waals surface area contributed by atoms with Crippen LogP contribution in [0.3, 0.4) is 0 Å². The number of carboxylic acids is 4. The van der Waals surface area contributed by atoms with Crippen LogP contribution in [0, 0.1) is 0 Å². The Balaban J connectivity index is 2.09. The van der Waals surface area contributed by atoms with E-state index >= 15 is 0 Å². The van der Waals surface area contributed by atoms with Crippen LogP contribution >= 0.6 is 0 Å². The predicted octanol–water partition coefficient (Wildman–Crippen LogP) is -2.32. The molecule has 30 heavy (non-hydrogen) atoms. The largest absolute Gasteiger partial charge is 0.480 e. The van der Waals surface area contributed by atoms with Gasteiger partial charge in [0.15, 0.2) is 12.2 Å². The first-order valence-electron chi connectivity index (χ1n) is 8.06. The summed E-state index contributed by atoms with van der Waals surface area (Å²) < 4.78 is 12.1. The molecule has 0 aromatic carbocycles. The third-order valence-electron chi connectivity index (χ3n) is 3.55. The fourth-order valence-electron chi connectivity index (χ4n) is 2.23. The van der Waals surface area contributed by atoms with Crippen LogP contribution < -0.4 is 0 Å². The van der Waals surface area contributed by atoms with E-state index in [0.717, 1.165) is 21.8 Å². The third kappa shape index (κ3) is 6.04. The van der Waals surface area contributed by atoms with E-state index in [2.05, 4.69) is 20.6 Å². The molecule has 2 aromatic heterocycles. The first kappa shape index (κ1) is 22.4. The Morgan fingerprint density at radius 3 is 1.43 bits per heavy atom. The maximum atomic E-state index is 11.5. The van der Waals surface area contributed by atoms with Crippen LogP contribution in [0.15, 0.2) is 12.4 Å². The van der Waals surface area contributed by atoms with Crippen molar-refractivity contribution in [3.63, 3.8) is 0 Å². The van der Waals surface area contributed by atoms with Crippen LogP contribution in [-0.2, 0) is 55.0 Å². The number of aliphatic carboxylic acids is 4. The lowest BCUT2D eigenvalue weighted by Crippen LogP contribution is -2.43. The molecule has 0 amide bonds. The lowest BCUT2D eigenvalue weighted by atomic mass is 10.2. The monoisotopic (exact) mass is 428 g/mol. The number of rotatable bonds is 13. The average molecular weight is 428 g/mol. The van der Waals surface area contributed by atoms with E-state index in [-0.39, 0.29) is 11.4 Å². The number of aromatic nitrogens is 6. The number of hydrogen-bond acceptors (Lipinski definition) is 10. The second kappa shape index (κ2) is 10.0. The number of carboxylic acid groups (broad SMARTS) is 4. The van der Waals surface area contributed by atoms with E-state index in [1.54, 1.807) is 0 Å². The topological polar surface area (TPSA) is 229 Å². The van der Waals surface area contributed by atoms with Crippen molar-refractivity contribution < 1.29 is 49.1 Å². The van der Waals surface area contributed by atoms with E-state index in [9.17, 15) is 29.4 Å². The highest BCUT2D eigenvalue weighted by Crippen LogP contribution is 2.12. The minimum Gasteiger partial charge on any atom is -0.480 e. The maximum absolute atomic E-state index is 11.5. The summed E-state index contributed by atoms with van der Waals surface area (Å²) in [6.45, 7) is -2.14. The van der Waals surface area contributed by atoms with Gasteiger partial charge in [-0.15, -0.1) is 10.2 Å². The molecular formula is C14H16N6O10. The van der Waals surface area contributed by atoms with Crippen LogP contribution in [0.4, 0.5) is 0 Å². The smallest absolute Gasteiger partial charge is 0.336 e. The summed E-state index contributed by atoms with van der Waals surface area (Å²) >= 11 is 0. The first-order valence-corrected chi connectivity index (χ1v) is 8.06. The number of carbonyl (C=O) groups is 4. The van der Waals surface area contributed by atoms with Crippen molar-refractivity contribution in [3.8, 4) is 0 Å². The summed E-state index contributed by atoms with van der Waals surface area (Å²) in [7, 11) is 0. The van der Waals surface area contributed by atoms with Gasteiger partial charge in [-0.2, -0.15) is 0 Å². The molecule has 162 valence electrons. The van der Waals surface area contributed by atoms with Gasteiger partial charge in [0.05, 0.1) is 37.0 Å². The molecule has 0 spiro atoms. The Hall–Kier alpha value is -3.92. The number of nitrogens with zero attached hydrogens (tertiary/aromatic N) is 6. The number of ether oxygens (including phenoxy) is 2. The van der Waals surface area contributed by atoms with E-state index in [4.69, 9.17) is 19.7 Å². The Morgan fingerprint density at radius 2 is 1.13 bits per heavy atom. The molecule has 0 saturated carbocycles. The summed E-state index contributed by atoms with van der Waals surface area (Å²) in [6.07, 6.45) is -1.71. The van der Waals surface area contributed by atoms with E-state index in [0.29, 0.717) is 0 Å². The van der Waals surface area contributed by atoms with Crippen LogP contribution in [0.25, 0.3) is 0 Å². The van der Waals surface area contributed by atoms with Crippen molar-refractivity contribution in [2.45, 2.75) is 38.5 Å². The standard InChI is InChI=1S/C14H16N6O10/c21-9(22)3-19-7(1-15-17-19)5-29-11(13(25)26)12(14(27)28)30-6-8-2-16-18-20(8)4-10(23)24/h1-2,11-12H,3-6H2,(H,21,22)(H,23,24)(H,25,26)(H,27,28)/t11-,12-/m1/s1. The van der Waals surface area contributed by atoms with Gasteiger partial charge in [-0.25, -0.2) is 19.0 Å². The molecule has 0 saturated heterocycles. The Labute approximate surface area is 166 Å². The maximum Gasteiger partial charge on any atom is 0.336 e. The SMILES string of the molecule is O=C(O)Cn1nncc1CO[C@@H](C(=O)O)[C@@H](OCc1cnnn1CC(=O)O)C(=O)O. The van der Waals surface area contributed by atoms with Crippen LogP contribution in [0.1, 0.15) is 11.4 Å². The van der Waals surface area contributed by atoms with E-state index in [1.807, 2.05) is 0 Å². The Bertz CT molecular complexity index is 850. The fourth-order valence-corrected chi connectivity index (χ4v) is 2.23. The molecule has 2 heterocycles. The molecule has 0 unspecified atom stereocenters. The summed E-state index contributed by atoms with van der Waals surface area (Å²) in [5.74, 6) is -5.77. The molecule has 0 aliphatic rings. The van der Waals surface area contributed by atoms with Crippen LogP contribution in [0.2, 0.25) is 0 Å². The molecule has 16 nitrogen and oxygen atoms in total. The van der Waals surface area contributed by atoms with Gasteiger partial charge in [-0.05, 0) is 0 Å². The average Bonchev–Trinajstić information content (AvgIpc) is 3.25. The first-order chi connectivity index (χ1) is 14.2. The van der Waals surface area contributed by atoms with Crippen molar-refractivity contribution in [1.82, 2.24) is 30.0 Å². The van der Waals surface area contributed by atoms with Crippen LogP contribution in [-0.4, -0.2) is 86.5 Å². The Kier molecular flexibility index (Phi) is 7.48. The zero-order valence-corrected chi connectivity index (χ0v) is 15.1. The summed E-state index contributed by atoms with van der Waals surface area (Å²) in [5, 5.41) is 50.3. The highest BCUT2D eigenvalue weighted by Gasteiger charge is 2.36. The number of hydrogen-bond donors (Lipinski definition) is 4. The third-order valence-corrected chi connectivity index (χ3v) is 3.55. The molecule has 2 rings (SSSR count). The quantitative estimate of drug-likeness (QED) is 0.262. The lowest BCUT2D eigenvalue weighted by Gasteiger charge is -2.21. The molecule has 0 bridgehead atoms. The van der Waals surface area contributed by atoms with Gasteiger partial charge in [-0.1, -0.05) is 10.4 Å². The van der Waals surface area contributed by atoms with Crippen molar-refractivity contribution in [2.24, 2.45) is 0 Å². The van der Waals surface area contributed by atoms with E-state index < -0.39 is 62.4 Å². The Morgan fingerprint density at radius 1 is 0.767 bits per heavy atom. The fraction of sp³-hybridized carbons (Fsp3) is 0.429. The molecule has 16 heteroatoms. The highest BCUT2D eigenvalue weighted by molar-refractivity contribution is 5.83. The molecule has 0 radical (unpaired) electrons. The zero-order chi connectivity index (χ0) is 22.3. The van der Waals surface area contributed by atoms with Crippen molar-refractivity contribution >= 4 is 23.9 Å². The molecule has 2 atom stereocenters. The van der Waals surface area contributed by atoms with Gasteiger partial charge >= 0.3 is 23.9 Å². The summed E-state index contributed by atoms with van der Waals surface area (Å²) in [5.41, 5.74) is 0.188. The van der Waals surface area contributed by atoms with Gasteiger partial charge < -0.3 is 29.9 Å². The minimum atomic E-state index is -1.99. The zero-order valence-electron chi connectivity index (χ0n) is 15.1. The van der Waals surface area contributed by atoms with Gasteiger partial charge in [0.25, 0.3) is 0 Å². The molecule has 0 fully saturated rings. The van der Waals surface area contributed by atoms with E-state index in [1.165, 1.54) is 0 Å². The summed E-state index contributed by atoms with van der Waals surface area (Å²) in [4.78, 5) is 44.6. The van der Waals surface area contributed by atoms with Crippen molar-refractivity contribution in [3.05, 3.63) is 23.8 Å². The molecule has 2 aromatic rings. The molecule has 0 aliphatic heterocycles. The highest BCUT2D eigenvalue weighted by atomic mass is 16.6. The second-order valence-corrected chi connectivity index (χ2v) is 5.69. The predicted molar refractivity (Wildman–Crippen MR) is 87.7 cm³/mol. The van der Waals surface area contributed by atoms with Gasteiger partial charge in [0, 0.05) is 0 Å².